The van der Waals surface area contributed by atoms with Crippen LogP contribution in [0.25, 0.3) is 10.8 Å². The van der Waals surface area contributed by atoms with Crippen LogP contribution in [0.1, 0.15) is 24.1 Å². The molecule has 1 N–H and O–H groups in total. The molecule has 8 heteroatoms. The minimum absolute atomic E-state index is 0.311. The Hall–Kier alpha value is -3.10. The van der Waals surface area contributed by atoms with Gasteiger partial charge in [-0.05, 0) is 48.7 Å². The van der Waals surface area contributed by atoms with Crippen molar-refractivity contribution in [2.45, 2.75) is 32.0 Å². The van der Waals surface area contributed by atoms with Gasteiger partial charge in [0.05, 0.1) is 19.4 Å². The van der Waals surface area contributed by atoms with Crippen LogP contribution >= 0.6 is 0 Å². The van der Waals surface area contributed by atoms with E-state index in [1.54, 1.807) is 14.2 Å². The normalized spacial score (nSPS) is 16.4. The summed E-state index contributed by atoms with van der Waals surface area (Å²) in [4.78, 5) is 2.48. The molecule has 0 unspecified atom stereocenters. The lowest BCUT2D eigenvalue weighted by Crippen LogP contribution is -2.38. The van der Waals surface area contributed by atoms with Crippen LogP contribution in [0.3, 0.4) is 0 Å². The van der Waals surface area contributed by atoms with E-state index in [9.17, 15) is 0 Å². The third-order valence-corrected chi connectivity index (χ3v) is 6.12. The number of aromatic nitrogens is 2. The first-order chi connectivity index (χ1) is 15.7. The Balaban J connectivity index is 1.25. The van der Waals surface area contributed by atoms with Crippen molar-refractivity contribution in [1.82, 2.24) is 15.1 Å². The van der Waals surface area contributed by atoms with Crippen LogP contribution in [0.2, 0.25) is 0 Å². The quantitative estimate of drug-likeness (QED) is 0.602. The van der Waals surface area contributed by atoms with Gasteiger partial charge in [-0.15, -0.1) is 5.10 Å². The van der Waals surface area contributed by atoms with Gasteiger partial charge in [-0.2, -0.15) is 5.10 Å². The number of likely N-dealkylation sites (tertiary alicyclic amines) is 1. The first kappa shape index (κ1) is 20.8. The van der Waals surface area contributed by atoms with E-state index in [2.05, 4.69) is 32.5 Å². The molecule has 1 saturated heterocycles. The number of piperidine rings is 1. The number of ether oxygens (including phenoxy) is 4. The maximum atomic E-state index is 5.51. The van der Waals surface area contributed by atoms with Crippen molar-refractivity contribution in [2.75, 3.05) is 39.4 Å². The predicted octanol–water partition coefficient (Wildman–Crippen LogP) is 3.59. The number of nitrogens with one attached hydrogen (secondary N) is 1. The lowest BCUT2D eigenvalue weighted by molar-refractivity contribution is 0.173. The van der Waals surface area contributed by atoms with Gasteiger partial charge in [0.2, 0.25) is 6.79 Å². The van der Waals surface area contributed by atoms with Crippen molar-refractivity contribution in [1.29, 1.82) is 0 Å². The molecule has 1 aromatic heterocycles. The highest BCUT2D eigenvalue weighted by molar-refractivity contribution is 5.94. The lowest BCUT2D eigenvalue weighted by atomic mass is 10.0. The molecule has 3 aromatic rings. The maximum absolute atomic E-state index is 5.51. The molecule has 32 heavy (non-hydrogen) atoms. The molecule has 0 bridgehead atoms. The van der Waals surface area contributed by atoms with Crippen LogP contribution < -0.4 is 19.5 Å². The van der Waals surface area contributed by atoms with E-state index in [0.717, 1.165) is 72.0 Å². The number of benzene rings is 2. The molecule has 5 rings (SSSR count). The molecule has 1 fully saturated rings. The van der Waals surface area contributed by atoms with E-state index in [-0.39, 0.29) is 0 Å². The van der Waals surface area contributed by atoms with Gasteiger partial charge < -0.3 is 24.3 Å². The van der Waals surface area contributed by atoms with Crippen molar-refractivity contribution in [3.05, 3.63) is 47.7 Å². The average molecular weight is 437 g/mol. The van der Waals surface area contributed by atoms with Crippen LogP contribution in [0.4, 0.5) is 5.82 Å². The fourth-order valence-corrected chi connectivity index (χ4v) is 4.39. The summed E-state index contributed by atoms with van der Waals surface area (Å²) >= 11 is 0. The number of methoxy groups -OCH3 is 2. The predicted molar refractivity (Wildman–Crippen MR) is 121 cm³/mol. The van der Waals surface area contributed by atoms with E-state index in [1.807, 2.05) is 24.3 Å². The second-order valence-electron chi connectivity index (χ2n) is 8.22. The van der Waals surface area contributed by atoms with Crippen molar-refractivity contribution in [2.24, 2.45) is 0 Å². The molecule has 3 heterocycles. The molecule has 168 valence electrons. The number of anilines is 1. The molecule has 8 nitrogen and oxygen atoms in total. The summed E-state index contributed by atoms with van der Waals surface area (Å²) in [5, 5.41) is 14.6. The van der Waals surface area contributed by atoms with Crippen molar-refractivity contribution < 1.29 is 18.9 Å². The first-order valence-electron chi connectivity index (χ1n) is 10.9. The topological polar surface area (TPSA) is 78.0 Å². The van der Waals surface area contributed by atoms with Crippen molar-refractivity contribution in [3.63, 3.8) is 0 Å². The average Bonchev–Trinajstić information content (AvgIpc) is 3.29. The van der Waals surface area contributed by atoms with Gasteiger partial charge in [0.15, 0.2) is 17.3 Å². The molecule has 0 amide bonds. The van der Waals surface area contributed by atoms with Crippen LogP contribution in [-0.2, 0) is 17.9 Å². The number of nitrogens with zero attached hydrogens (tertiary/aromatic N) is 3. The maximum Gasteiger partial charge on any atom is 0.231 e. The van der Waals surface area contributed by atoms with Crippen LogP contribution in [0, 0.1) is 0 Å². The summed E-state index contributed by atoms with van der Waals surface area (Å²) in [6.45, 7) is 3.68. The lowest BCUT2D eigenvalue weighted by Gasteiger charge is -2.32. The zero-order valence-electron chi connectivity index (χ0n) is 18.5. The fraction of sp³-hybridized carbons (Fsp3) is 0.417. The highest BCUT2D eigenvalue weighted by Gasteiger charge is 2.22. The highest BCUT2D eigenvalue weighted by Crippen LogP contribution is 2.33. The van der Waals surface area contributed by atoms with Gasteiger partial charge in [-0.3, -0.25) is 4.90 Å². The van der Waals surface area contributed by atoms with Crippen LogP contribution in [0.15, 0.2) is 36.4 Å². The highest BCUT2D eigenvalue weighted by atomic mass is 16.7. The Labute approximate surface area is 187 Å². The Morgan fingerprint density at radius 1 is 1.00 bits per heavy atom. The minimum atomic E-state index is 0.311. The van der Waals surface area contributed by atoms with E-state index in [1.165, 1.54) is 5.56 Å². The third kappa shape index (κ3) is 4.28. The van der Waals surface area contributed by atoms with E-state index in [0.29, 0.717) is 19.4 Å². The van der Waals surface area contributed by atoms with Crippen molar-refractivity contribution >= 4 is 16.6 Å². The summed E-state index contributed by atoms with van der Waals surface area (Å²) in [6.07, 6.45) is 2.08. The van der Waals surface area contributed by atoms with Gasteiger partial charge in [0, 0.05) is 43.6 Å². The number of hydrogen-bond donors (Lipinski definition) is 1. The second kappa shape index (κ2) is 9.18. The minimum Gasteiger partial charge on any atom is -0.497 e. The smallest absolute Gasteiger partial charge is 0.231 e. The summed E-state index contributed by atoms with van der Waals surface area (Å²) in [5.74, 6) is 3.28. The number of rotatable bonds is 7. The Bertz CT molecular complexity index is 1100. The molecular weight excluding hydrogens is 408 g/mol. The Kier molecular flexibility index (Phi) is 5.96. The van der Waals surface area contributed by atoms with Gasteiger partial charge in [-0.25, -0.2) is 0 Å². The molecule has 0 spiro atoms. The van der Waals surface area contributed by atoms with Gasteiger partial charge in [-0.1, -0.05) is 6.07 Å². The standard InChI is InChI=1S/C24H28N4O4/c1-29-14-21-19-5-4-18(30-2)12-20(19)24(27-26-21)25-17-7-9-28(10-8-17)13-16-3-6-22-23(11-16)32-15-31-22/h3-6,11-12,17H,7-10,13-15H2,1-2H3,(H,25,27). The second-order valence-corrected chi connectivity index (χ2v) is 8.22. The van der Waals surface area contributed by atoms with Crippen LogP contribution in [0.5, 0.6) is 17.2 Å². The molecule has 0 saturated carbocycles. The Morgan fingerprint density at radius 3 is 2.66 bits per heavy atom. The molecule has 2 aromatic carbocycles. The SMILES string of the molecule is COCc1nnc(NC2CCN(Cc3ccc4c(c3)OCO4)CC2)c2cc(OC)ccc12. The molecule has 0 aliphatic carbocycles. The zero-order chi connectivity index (χ0) is 21.9. The number of hydrogen-bond acceptors (Lipinski definition) is 8. The summed E-state index contributed by atoms with van der Waals surface area (Å²) in [7, 11) is 3.34. The van der Waals surface area contributed by atoms with E-state index >= 15 is 0 Å². The molecular formula is C24H28N4O4. The largest absolute Gasteiger partial charge is 0.497 e. The Morgan fingerprint density at radius 2 is 1.84 bits per heavy atom. The zero-order valence-corrected chi connectivity index (χ0v) is 18.5. The van der Waals surface area contributed by atoms with Crippen molar-refractivity contribution in [3.8, 4) is 17.2 Å². The third-order valence-electron chi connectivity index (χ3n) is 6.12. The van der Waals surface area contributed by atoms with E-state index in [4.69, 9.17) is 18.9 Å². The fourth-order valence-electron chi connectivity index (χ4n) is 4.39. The monoisotopic (exact) mass is 436 g/mol. The number of fused-ring (bicyclic) bond motifs is 2. The van der Waals surface area contributed by atoms with Gasteiger partial charge >= 0.3 is 0 Å². The molecule has 0 atom stereocenters. The van der Waals surface area contributed by atoms with Gasteiger partial charge in [0.1, 0.15) is 5.75 Å². The molecule has 2 aliphatic rings. The summed E-state index contributed by atoms with van der Waals surface area (Å²) in [6, 6.07) is 12.5. The van der Waals surface area contributed by atoms with Gasteiger partial charge in [0.25, 0.3) is 0 Å². The van der Waals surface area contributed by atoms with E-state index < -0.39 is 0 Å². The molecule has 2 aliphatic heterocycles. The summed E-state index contributed by atoms with van der Waals surface area (Å²) < 4.78 is 21.6. The van der Waals surface area contributed by atoms with Crippen LogP contribution in [-0.4, -0.2) is 55.2 Å². The molecule has 0 radical (unpaired) electrons. The first-order valence-corrected chi connectivity index (χ1v) is 10.9. The summed E-state index contributed by atoms with van der Waals surface area (Å²) in [5.41, 5.74) is 2.08.